The molecule has 1 aromatic rings. The minimum atomic E-state index is -0.837. The molecule has 1 fully saturated rings. The van der Waals surface area contributed by atoms with Crippen LogP contribution in [0.4, 0.5) is 14.9 Å². The lowest BCUT2D eigenvalue weighted by Gasteiger charge is -2.26. The first-order valence-electron chi connectivity index (χ1n) is 5.84. The quantitative estimate of drug-likeness (QED) is 0.847. The topological polar surface area (TPSA) is 49.4 Å². The van der Waals surface area contributed by atoms with Crippen LogP contribution in [0.1, 0.15) is 5.56 Å². The van der Waals surface area contributed by atoms with E-state index in [1.165, 1.54) is 6.07 Å². The van der Waals surface area contributed by atoms with Gasteiger partial charge in [0.1, 0.15) is 0 Å². The maximum absolute atomic E-state index is 13.9. The molecule has 0 saturated carbocycles. The lowest BCUT2D eigenvalue weighted by molar-refractivity contribution is 0.216. The predicted octanol–water partition coefficient (Wildman–Crippen LogP) is 2.49. The van der Waals surface area contributed by atoms with Gasteiger partial charge >= 0.3 is 6.03 Å². The number of rotatable bonds is 1. The molecule has 0 unspecified atom stereocenters. The molecule has 4 nitrogen and oxygen atoms in total. The molecule has 1 heterocycles. The van der Waals surface area contributed by atoms with Crippen LogP contribution in [0.15, 0.2) is 16.6 Å². The molecular weight excluding hydrogens is 335 g/mol. The Morgan fingerprint density at radius 1 is 1.42 bits per heavy atom. The highest BCUT2D eigenvalue weighted by Crippen LogP contribution is 2.25. The number of urea groups is 1. The van der Waals surface area contributed by atoms with Gasteiger partial charge in [-0.1, -0.05) is 15.9 Å². The summed E-state index contributed by atoms with van der Waals surface area (Å²) in [5.74, 6) is 0.521. The lowest BCUT2D eigenvalue weighted by Crippen LogP contribution is -2.44. The van der Waals surface area contributed by atoms with Gasteiger partial charge in [0, 0.05) is 45.4 Å². The molecule has 1 aliphatic heterocycles. The van der Waals surface area contributed by atoms with Crippen molar-refractivity contribution in [2.45, 2.75) is 6.92 Å². The summed E-state index contributed by atoms with van der Waals surface area (Å²) in [6, 6.07) is 2.86. The Labute approximate surface area is 121 Å². The highest BCUT2D eigenvalue weighted by atomic mass is 79.9. The second kappa shape index (κ2) is 6.00. The summed E-state index contributed by atoms with van der Waals surface area (Å²) in [5.41, 5.74) is 0.620. The number of benzene rings is 1. The molecule has 2 rings (SSSR count). The molecule has 104 valence electrons. The normalized spacial score (nSPS) is 16.5. The fourth-order valence-electron chi connectivity index (χ4n) is 1.79. The van der Waals surface area contributed by atoms with Crippen LogP contribution in [0.2, 0.25) is 0 Å². The fraction of sp³-hybridized carbons (Fsp3) is 0.417. The Bertz CT molecular complexity index is 529. The molecule has 0 radical (unpaired) electrons. The fourth-order valence-corrected chi connectivity index (χ4v) is 3.15. The van der Waals surface area contributed by atoms with E-state index in [4.69, 9.17) is 0 Å². The molecule has 7 heteroatoms. The smallest absolute Gasteiger partial charge is 0.321 e. The molecule has 0 aromatic heterocycles. The first-order valence-corrected chi connectivity index (χ1v) is 8.12. The van der Waals surface area contributed by atoms with Crippen molar-refractivity contribution < 1.29 is 13.4 Å². The Hall–Kier alpha value is -0.950. The van der Waals surface area contributed by atoms with Crippen LogP contribution in [-0.4, -0.2) is 39.7 Å². The van der Waals surface area contributed by atoms with Crippen LogP contribution in [-0.2, 0) is 10.8 Å². The highest BCUT2D eigenvalue weighted by molar-refractivity contribution is 9.10. The number of nitrogens with one attached hydrogen (secondary N) is 1. The van der Waals surface area contributed by atoms with E-state index in [-0.39, 0.29) is 11.7 Å². The first-order chi connectivity index (χ1) is 8.99. The van der Waals surface area contributed by atoms with E-state index in [0.717, 1.165) is 0 Å². The van der Waals surface area contributed by atoms with Gasteiger partial charge < -0.3 is 10.2 Å². The largest absolute Gasteiger partial charge is 0.323 e. The summed E-state index contributed by atoms with van der Waals surface area (Å²) >= 11 is 3.23. The first kappa shape index (κ1) is 14.5. The van der Waals surface area contributed by atoms with Crippen LogP contribution >= 0.6 is 15.9 Å². The van der Waals surface area contributed by atoms with Crippen molar-refractivity contribution in [2.24, 2.45) is 0 Å². The zero-order valence-corrected chi connectivity index (χ0v) is 12.8. The van der Waals surface area contributed by atoms with Gasteiger partial charge in [-0.2, -0.15) is 0 Å². The second-order valence-electron chi connectivity index (χ2n) is 4.30. The third kappa shape index (κ3) is 3.33. The maximum Gasteiger partial charge on any atom is 0.321 e. The van der Waals surface area contributed by atoms with Gasteiger partial charge in [0.25, 0.3) is 0 Å². The molecule has 2 amide bonds. The van der Waals surface area contributed by atoms with Crippen LogP contribution < -0.4 is 5.32 Å². The van der Waals surface area contributed by atoms with Gasteiger partial charge in [0.05, 0.1) is 5.69 Å². The van der Waals surface area contributed by atoms with E-state index in [2.05, 4.69) is 21.2 Å². The highest BCUT2D eigenvalue weighted by Gasteiger charge is 2.21. The van der Waals surface area contributed by atoms with Crippen LogP contribution in [0.5, 0.6) is 0 Å². The summed E-state index contributed by atoms with van der Waals surface area (Å²) in [5, 5.41) is 2.55. The minimum Gasteiger partial charge on any atom is -0.323 e. The van der Waals surface area contributed by atoms with E-state index >= 15 is 0 Å². The number of anilines is 1. The SMILES string of the molecule is Cc1c(Br)ccc(NC(=O)N2CCS(=O)CC2)c1F. The van der Waals surface area contributed by atoms with Crippen LogP contribution in [0.25, 0.3) is 0 Å². The van der Waals surface area contributed by atoms with Crippen molar-refractivity contribution in [3.8, 4) is 0 Å². The van der Waals surface area contributed by atoms with Crippen molar-refractivity contribution in [1.82, 2.24) is 4.90 Å². The summed E-state index contributed by atoms with van der Waals surface area (Å²) in [6.45, 7) is 2.52. The average molecular weight is 349 g/mol. The van der Waals surface area contributed by atoms with E-state index in [0.29, 0.717) is 34.6 Å². The minimum absolute atomic E-state index is 0.164. The van der Waals surface area contributed by atoms with Gasteiger partial charge in [0.15, 0.2) is 5.82 Å². The molecule has 1 saturated heterocycles. The van der Waals surface area contributed by atoms with E-state index in [1.54, 1.807) is 17.9 Å². The van der Waals surface area contributed by atoms with Gasteiger partial charge in [-0.3, -0.25) is 4.21 Å². The predicted molar refractivity (Wildman–Crippen MR) is 77.3 cm³/mol. The maximum atomic E-state index is 13.9. The number of nitrogens with zero attached hydrogens (tertiary/aromatic N) is 1. The molecular formula is C12H14BrFN2O2S. The Morgan fingerprint density at radius 2 is 2.05 bits per heavy atom. The summed E-state index contributed by atoms with van der Waals surface area (Å²) in [7, 11) is -0.837. The van der Waals surface area contributed by atoms with Crippen molar-refractivity contribution in [3.05, 3.63) is 28.0 Å². The summed E-state index contributed by atoms with van der Waals surface area (Å²) in [4.78, 5) is 13.5. The standard InChI is InChI=1S/C12H14BrFN2O2S/c1-8-9(13)2-3-10(11(8)14)15-12(17)16-4-6-19(18)7-5-16/h2-3H,4-7H2,1H3,(H,15,17). The monoisotopic (exact) mass is 348 g/mol. The number of amides is 2. The van der Waals surface area contributed by atoms with Crippen LogP contribution in [0, 0.1) is 12.7 Å². The molecule has 1 aromatic carbocycles. The van der Waals surface area contributed by atoms with Gasteiger partial charge in [-0.15, -0.1) is 0 Å². The molecule has 0 spiro atoms. The number of halogens is 2. The van der Waals surface area contributed by atoms with Crippen molar-refractivity contribution >= 4 is 38.4 Å². The molecule has 1 N–H and O–H groups in total. The summed E-state index contributed by atoms with van der Waals surface area (Å²) in [6.07, 6.45) is 0. The van der Waals surface area contributed by atoms with Gasteiger partial charge in [0.2, 0.25) is 0 Å². The molecule has 19 heavy (non-hydrogen) atoms. The Morgan fingerprint density at radius 3 is 2.68 bits per heavy atom. The zero-order valence-electron chi connectivity index (χ0n) is 10.4. The third-order valence-corrected chi connectivity index (χ3v) is 5.16. The molecule has 1 aliphatic rings. The van der Waals surface area contributed by atoms with Crippen LogP contribution in [0.3, 0.4) is 0 Å². The average Bonchev–Trinajstić information content (AvgIpc) is 2.40. The van der Waals surface area contributed by atoms with E-state index in [9.17, 15) is 13.4 Å². The number of carbonyl (C=O) groups excluding carboxylic acids is 1. The number of hydrogen-bond donors (Lipinski definition) is 1. The summed E-state index contributed by atoms with van der Waals surface area (Å²) < 4.78 is 25.8. The number of hydrogen-bond acceptors (Lipinski definition) is 2. The molecule has 0 atom stereocenters. The Kier molecular flexibility index (Phi) is 4.57. The van der Waals surface area contributed by atoms with Gasteiger partial charge in [-0.05, 0) is 19.1 Å². The Balaban J connectivity index is 2.07. The zero-order chi connectivity index (χ0) is 14.0. The van der Waals surface area contributed by atoms with Gasteiger partial charge in [-0.25, -0.2) is 9.18 Å². The third-order valence-electron chi connectivity index (χ3n) is 3.03. The van der Waals surface area contributed by atoms with Crippen molar-refractivity contribution in [1.29, 1.82) is 0 Å². The van der Waals surface area contributed by atoms with E-state index in [1.807, 2.05) is 0 Å². The van der Waals surface area contributed by atoms with E-state index < -0.39 is 16.6 Å². The number of carbonyl (C=O) groups is 1. The molecule has 0 aliphatic carbocycles. The molecule has 0 bridgehead atoms. The van der Waals surface area contributed by atoms with Crippen molar-refractivity contribution in [3.63, 3.8) is 0 Å². The second-order valence-corrected chi connectivity index (χ2v) is 6.85. The van der Waals surface area contributed by atoms with Crippen molar-refractivity contribution in [2.75, 3.05) is 29.9 Å². The lowest BCUT2D eigenvalue weighted by atomic mass is 10.2.